The molecule has 2 rings (SSSR count). The Bertz CT molecular complexity index is 706. The number of hydrogen-bond donors (Lipinski definition) is 2. The van der Waals surface area contributed by atoms with Gasteiger partial charge in [-0.2, -0.15) is 4.31 Å². The highest BCUT2D eigenvalue weighted by molar-refractivity contribution is 7.89. The summed E-state index contributed by atoms with van der Waals surface area (Å²) in [5.41, 5.74) is 0. The molecule has 1 aliphatic rings. The largest absolute Gasteiger partial charge is 0.360 e. The third kappa shape index (κ3) is 5.00. The Balaban J connectivity index is 2.06. The minimum absolute atomic E-state index is 0.101. The lowest BCUT2D eigenvalue weighted by Gasteiger charge is -2.34. The Kier molecular flexibility index (Phi) is 6.51. The molecule has 2 amide bonds. The van der Waals surface area contributed by atoms with Gasteiger partial charge in [0.15, 0.2) is 0 Å². The molecule has 0 saturated carbocycles. The number of ether oxygens (including phenoxy) is 1. The quantitative estimate of drug-likeness (QED) is 0.715. The van der Waals surface area contributed by atoms with Gasteiger partial charge in [-0.1, -0.05) is 18.2 Å². The Morgan fingerprint density at radius 2 is 1.92 bits per heavy atom. The predicted octanol–water partition coefficient (Wildman–Crippen LogP) is 0.0645. The Morgan fingerprint density at radius 3 is 2.56 bits per heavy atom. The molecule has 1 heterocycles. The zero-order chi connectivity index (χ0) is 18.4. The summed E-state index contributed by atoms with van der Waals surface area (Å²) in [7, 11) is -3.74. The van der Waals surface area contributed by atoms with Gasteiger partial charge in [0.05, 0.1) is 18.0 Å². The maximum atomic E-state index is 12.8. The second-order valence-electron chi connectivity index (χ2n) is 5.95. The van der Waals surface area contributed by atoms with Gasteiger partial charge < -0.3 is 15.4 Å². The van der Waals surface area contributed by atoms with Crippen molar-refractivity contribution in [3.05, 3.63) is 30.3 Å². The third-order valence-corrected chi connectivity index (χ3v) is 5.47. The first kappa shape index (κ1) is 19.4. The molecule has 138 valence electrons. The molecule has 8 nitrogen and oxygen atoms in total. The lowest BCUT2D eigenvalue weighted by Crippen LogP contribution is -2.53. The van der Waals surface area contributed by atoms with E-state index in [4.69, 9.17) is 4.74 Å². The summed E-state index contributed by atoms with van der Waals surface area (Å²) in [5.74, 6) is -1.58. The standard InChI is InChI=1S/C16H23N3O5S/c1-12(2)18-16(21)15(20)17-11-14-19(9-6-10-24-14)25(22,23)13-7-4-3-5-8-13/h3-5,7-8,12,14H,6,9-11H2,1-2H3,(H,17,20)(H,18,21)/t14-/m1/s1. The number of benzene rings is 1. The number of carbonyl (C=O) groups is 2. The fourth-order valence-corrected chi connectivity index (χ4v) is 4.00. The van der Waals surface area contributed by atoms with Crippen LogP contribution in [0.25, 0.3) is 0 Å². The van der Waals surface area contributed by atoms with Gasteiger partial charge in [0.25, 0.3) is 0 Å². The highest BCUT2D eigenvalue weighted by Gasteiger charge is 2.34. The smallest absolute Gasteiger partial charge is 0.309 e. The predicted molar refractivity (Wildman–Crippen MR) is 91.0 cm³/mol. The van der Waals surface area contributed by atoms with E-state index < -0.39 is 28.1 Å². The monoisotopic (exact) mass is 369 g/mol. The zero-order valence-corrected chi connectivity index (χ0v) is 15.1. The fraction of sp³-hybridized carbons (Fsp3) is 0.500. The molecule has 0 unspecified atom stereocenters. The molecule has 1 saturated heterocycles. The van der Waals surface area contributed by atoms with Gasteiger partial charge in [0.1, 0.15) is 6.23 Å². The summed E-state index contributed by atoms with van der Waals surface area (Å²) >= 11 is 0. The molecule has 0 spiro atoms. The highest BCUT2D eigenvalue weighted by atomic mass is 32.2. The van der Waals surface area contributed by atoms with Crippen LogP contribution in [0.2, 0.25) is 0 Å². The number of nitrogens with one attached hydrogen (secondary N) is 2. The molecule has 1 atom stereocenters. The van der Waals surface area contributed by atoms with Crippen molar-refractivity contribution in [1.29, 1.82) is 0 Å². The van der Waals surface area contributed by atoms with Gasteiger partial charge in [0, 0.05) is 12.6 Å². The molecular weight excluding hydrogens is 346 g/mol. The first-order valence-electron chi connectivity index (χ1n) is 8.09. The van der Waals surface area contributed by atoms with Crippen molar-refractivity contribution in [2.45, 2.75) is 37.4 Å². The third-order valence-electron chi connectivity index (χ3n) is 3.57. The van der Waals surface area contributed by atoms with Crippen LogP contribution in [0.3, 0.4) is 0 Å². The minimum atomic E-state index is -3.74. The molecule has 0 radical (unpaired) electrons. The van der Waals surface area contributed by atoms with Crippen LogP contribution in [-0.2, 0) is 24.3 Å². The summed E-state index contributed by atoms with van der Waals surface area (Å²) in [6.45, 7) is 4.05. The van der Waals surface area contributed by atoms with Crippen LogP contribution in [0.1, 0.15) is 20.3 Å². The molecule has 9 heteroatoms. The van der Waals surface area contributed by atoms with Crippen molar-refractivity contribution in [2.75, 3.05) is 19.7 Å². The first-order valence-corrected chi connectivity index (χ1v) is 9.53. The van der Waals surface area contributed by atoms with E-state index in [1.165, 1.54) is 16.4 Å². The Hall–Kier alpha value is -1.97. The average molecular weight is 369 g/mol. The van der Waals surface area contributed by atoms with E-state index in [0.717, 1.165) is 0 Å². The summed E-state index contributed by atoms with van der Waals surface area (Å²) in [5, 5.41) is 4.90. The number of rotatable bonds is 5. The topological polar surface area (TPSA) is 105 Å². The first-order chi connectivity index (χ1) is 11.8. The van der Waals surface area contributed by atoms with Crippen LogP contribution in [-0.4, -0.2) is 56.5 Å². The van der Waals surface area contributed by atoms with E-state index in [0.29, 0.717) is 13.0 Å². The van der Waals surface area contributed by atoms with E-state index in [2.05, 4.69) is 10.6 Å². The minimum Gasteiger partial charge on any atom is -0.360 e. The Morgan fingerprint density at radius 1 is 1.24 bits per heavy atom. The van der Waals surface area contributed by atoms with Crippen molar-refractivity contribution >= 4 is 21.8 Å². The van der Waals surface area contributed by atoms with Gasteiger partial charge in [-0.05, 0) is 32.4 Å². The van der Waals surface area contributed by atoms with Crippen LogP contribution in [0.5, 0.6) is 0 Å². The van der Waals surface area contributed by atoms with Gasteiger partial charge >= 0.3 is 11.8 Å². The van der Waals surface area contributed by atoms with Gasteiger partial charge in [-0.15, -0.1) is 0 Å². The molecule has 0 bridgehead atoms. The van der Waals surface area contributed by atoms with Crippen molar-refractivity contribution < 1.29 is 22.7 Å². The molecular formula is C16H23N3O5S. The Labute approximate surface area is 147 Å². The van der Waals surface area contributed by atoms with E-state index >= 15 is 0 Å². The van der Waals surface area contributed by atoms with E-state index in [-0.39, 0.29) is 24.0 Å². The van der Waals surface area contributed by atoms with Gasteiger partial charge in [-0.3, -0.25) is 9.59 Å². The molecule has 2 N–H and O–H groups in total. The van der Waals surface area contributed by atoms with Crippen molar-refractivity contribution in [2.24, 2.45) is 0 Å². The average Bonchev–Trinajstić information content (AvgIpc) is 2.60. The van der Waals surface area contributed by atoms with E-state index in [9.17, 15) is 18.0 Å². The fourth-order valence-electron chi connectivity index (χ4n) is 2.42. The number of hydrogen-bond acceptors (Lipinski definition) is 5. The molecule has 1 aromatic rings. The van der Waals surface area contributed by atoms with Gasteiger partial charge in [0.2, 0.25) is 10.0 Å². The molecule has 0 aliphatic carbocycles. The lowest BCUT2D eigenvalue weighted by atomic mass is 10.3. The number of sulfonamides is 1. The SMILES string of the molecule is CC(C)NC(=O)C(=O)NC[C@H]1OCCCN1S(=O)(=O)c1ccccc1. The zero-order valence-electron chi connectivity index (χ0n) is 14.3. The number of nitrogens with zero attached hydrogens (tertiary/aromatic N) is 1. The highest BCUT2D eigenvalue weighted by Crippen LogP contribution is 2.21. The van der Waals surface area contributed by atoms with Gasteiger partial charge in [-0.25, -0.2) is 8.42 Å². The molecule has 1 fully saturated rings. The number of amides is 2. The van der Waals surface area contributed by atoms with E-state index in [1.807, 2.05) is 0 Å². The second-order valence-corrected chi connectivity index (χ2v) is 7.84. The molecule has 1 aromatic carbocycles. The number of carbonyl (C=O) groups excluding carboxylic acids is 2. The second kappa shape index (κ2) is 8.41. The maximum Gasteiger partial charge on any atom is 0.309 e. The van der Waals surface area contributed by atoms with Crippen LogP contribution >= 0.6 is 0 Å². The normalized spacial score (nSPS) is 18.8. The van der Waals surface area contributed by atoms with Crippen LogP contribution < -0.4 is 10.6 Å². The summed E-state index contributed by atoms with van der Waals surface area (Å²) in [6.07, 6.45) is -0.292. The van der Waals surface area contributed by atoms with Crippen molar-refractivity contribution in [3.63, 3.8) is 0 Å². The lowest BCUT2D eigenvalue weighted by molar-refractivity contribution is -0.140. The molecule has 0 aromatic heterocycles. The molecule has 1 aliphatic heterocycles. The van der Waals surface area contributed by atoms with Crippen LogP contribution in [0.15, 0.2) is 35.2 Å². The van der Waals surface area contributed by atoms with E-state index in [1.54, 1.807) is 32.0 Å². The van der Waals surface area contributed by atoms with Crippen LogP contribution in [0, 0.1) is 0 Å². The summed E-state index contributed by atoms with van der Waals surface area (Å²) in [6, 6.07) is 7.87. The van der Waals surface area contributed by atoms with Crippen molar-refractivity contribution in [3.8, 4) is 0 Å². The van der Waals surface area contributed by atoms with Crippen LogP contribution in [0.4, 0.5) is 0 Å². The summed E-state index contributed by atoms with van der Waals surface area (Å²) < 4.78 is 32.3. The molecule has 25 heavy (non-hydrogen) atoms. The maximum absolute atomic E-state index is 12.8. The summed E-state index contributed by atoms with van der Waals surface area (Å²) in [4.78, 5) is 23.6. The van der Waals surface area contributed by atoms with Crippen molar-refractivity contribution in [1.82, 2.24) is 14.9 Å².